The number of pyridine rings is 1. The summed E-state index contributed by atoms with van der Waals surface area (Å²) in [7, 11) is 1.76. The average molecular weight is 248 g/mol. The molecule has 2 rings (SSSR count). The van der Waals surface area contributed by atoms with Gasteiger partial charge in [-0.25, -0.2) is 0 Å². The second-order valence-electron chi connectivity index (χ2n) is 4.20. The van der Waals surface area contributed by atoms with Crippen molar-refractivity contribution in [1.82, 2.24) is 15.2 Å². The number of anilines is 1. The van der Waals surface area contributed by atoms with Gasteiger partial charge in [0.1, 0.15) is 0 Å². The van der Waals surface area contributed by atoms with Crippen LogP contribution in [0.3, 0.4) is 0 Å². The molecule has 0 saturated carbocycles. The molecule has 18 heavy (non-hydrogen) atoms. The van der Waals surface area contributed by atoms with Gasteiger partial charge in [0.15, 0.2) is 0 Å². The lowest BCUT2D eigenvalue weighted by molar-refractivity contribution is -0.123. The van der Waals surface area contributed by atoms with E-state index >= 15 is 0 Å². The molecule has 1 aromatic heterocycles. The highest BCUT2D eigenvalue weighted by molar-refractivity contribution is 6.01. The number of nitrogens with zero attached hydrogens (tertiary/aromatic N) is 2. The lowest BCUT2D eigenvalue weighted by Crippen LogP contribution is -2.50. The van der Waals surface area contributed by atoms with Gasteiger partial charge in [0, 0.05) is 32.0 Å². The van der Waals surface area contributed by atoms with Crippen LogP contribution in [-0.4, -0.2) is 48.4 Å². The van der Waals surface area contributed by atoms with Crippen LogP contribution in [-0.2, 0) is 4.79 Å². The van der Waals surface area contributed by atoms with E-state index in [0.29, 0.717) is 18.7 Å². The molecular formula is C12H16N4O2. The highest BCUT2D eigenvalue weighted by atomic mass is 16.2. The second-order valence-corrected chi connectivity index (χ2v) is 4.20. The van der Waals surface area contributed by atoms with E-state index in [0.717, 1.165) is 11.4 Å². The van der Waals surface area contributed by atoms with Gasteiger partial charge in [0.2, 0.25) is 5.91 Å². The summed E-state index contributed by atoms with van der Waals surface area (Å²) in [6.07, 6.45) is 1.55. The van der Waals surface area contributed by atoms with Crippen LogP contribution in [0.2, 0.25) is 0 Å². The summed E-state index contributed by atoms with van der Waals surface area (Å²) in [5, 5.41) is 5.67. The third-order valence-corrected chi connectivity index (χ3v) is 2.87. The van der Waals surface area contributed by atoms with Crippen LogP contribution in [0.1, 0.15) is 16.1 Å². The van der Waals surface area contributed by atoms with Crippen molar-refractivity contribution in [3.05, 3.63) is 23.5 Å². The summed E-state index contributed by atoms with van der Waals surface area (Å²) >= 11 is 0. The molecule has 1 aromatic rings. The zero-order valence-corrected chi connectivity index (χ0v) is 10.5. The molecule has 0 spiro atoms. The number of carbonyl (C=O) groups excluding carboxylic acids is 2. The number of hydrogen-bond acceptors (Lipinski definition) is 4. The number of rotatable bonds is 2. The first-order chi connectivity index (χ1) is 8.61. The fourth-order valence-corrected chi connectivity index (χ4v) is 1.92. The molecule has 6 nitrogen and oxygen atoms in total. The standard InChI is InChI=1S/C12H16N4O2/c1-8-5-10(13-2)9(6-15-8)12(18)16-4-3-14-11(17)7-16/h5-6H,3-4,7H2,1-2H3,(H,13,15)(H,14,17). The van der Waals surface area contributed by atoms with E-state index < -0.39 is 0 Å². The third-order valence-electron chi connectivity index (χ3n) is 2.87. The first-order valence-electron chi connectivity index (χ1n) is 5.82. The summed E-state index contributed by atoms with van der Waals surface area (Å²) < 4.78 is 0. The van der Waals surface area contributed by atoms with Crippen molar-refractivity contribution in [2.24, 2.45) is 0 Å². The Kier molecular flexibility index (Phi) is 3.45. The van der Waals surface area contributed by atoms with Gasteiger partial charge in [-0.15, -0.1) is 0 Å². The van der Waals surface area contributed by atoms with E-state index in [-0.39, 0.29) is 18.4 Å². The van der Waals surface area contributed by atoms with Crippen molar-refractivity contribution in [2.75, 3.05) is 32.0 Å². The van der Waals surface area contributed by atoms with Crippen LogP contribution >= 0.6 is 0 Å². The smallest absolute Gasteiger partial charge is 0.258 e. The maximum Gasteiger partial charge on any atom is 0.258 e. The van der Waals surface area contributed by atoms with Crippen molar-refractivity contribution < 1.29 is 9.59 Å². The maximum atomic E-state index is 12.3. The van der Waals surface area contributed by atoms with Gasteiger partial charge in [-0.2, -0.15) is 0 Å². The molecule has 2 N–H and O–H groups in total. The van der Waals surface area contributed by atoms with Crippen LogP contribution in [0.15, 0.2) is 12.3 Å². The number of piperazine rings is 1. The largest absolute Gasteiger partial charge is 0.387 e. The van der Waals surface area contributed by atoms with Gasteiger partial charge >= 0.3 is 0 Å². The molecule has 2 heterocycles. The fraction of sp³-hybridized carbons (Fsp3) is 0.417. The number of aryl methyl sites for hydroxylation is 1. The van der Waals surface area contributed by atoms with Crippen molar-refractivity contribution in [3.8, 4) is 0 Å². The normalized spacial score (nSPS) is 15.2. The predicted molar refractivity (Wildman–Crippen MR) is 67.4 cm³/mol. The van der Waals surface area contributed by atoms with Crippen molar-refractivity contribution in [3.63, 3.8) is 0 Å². The van der Waals surface area contributed by atoms with E-state index in [1.807, 2.05) is 13.0 Å². The quantitative estimate of drug-likeness (QED) is 0.773. The minimum Gasteiger partial charge on any atom is -0.387 e. The minimum atomic E-state index is -0.165. The highest BCUT2D eigenvalue weighted by Crippen LogP contribution is 2.17. The molecule has 96 valence electrons. The van der Waals surface area contributed by atoms with Crippen molar-refractivity contribution in [1.29, 1.82) is 0 Å². The molecule has 1 saturated heterocycles. The molecule has 0 aromatic carbocycles. The summed E-state index contributed by atoms with van der Waals surface area (Å²) in [5.74, 6) is -0.289. The zero-order chi connectivity index (χ0) is 13.1. The van der Waals surface area contributed by atoms with Crippen LogP contribution < -0.4 is 10.6 Å². The molecule has 1 aliphatic rings. The zero-order valence-electron chi connectivity index (χ0n) is 10.5. The maximum absolute atomic E-state index is 12.3. The summed E-state index contributed by atoms with van der Waals surface area (Å²) in [6.45, 7) is 3.00. The predicted octanol–water partition coefficient (Wildman–Crippen LogP) is 0.00372. The van der Waals surface area contributed by atoms with Gasteiger partial charge in [-0.3, -0.25) is 14.6 Å². The summed E-state index contributed by atoms with van der Waals surface area (Å²) in [5.41, 5.74) is 2.07. The van der Waals surface area contributed by atoms with Crippen LogP contribution in [0, 0.1) is 6.92 Å². The molecule has 0 atom stereocenters. The van der Waals surface area contributed by atoms with Crippen LogP contribution in [0.4, 0.5) is 5.69 Å². The molecule has 0 unspecified atom stereocenters. The van der Waals surface area contributed by atoms with E-state index in [1.54, 1.807) is 13.2 Å². The third kappa shape index (κ3) is 2.42. The highest BCUT2D eigenvalue weighted by Gasteiger charge is 2.24. The molecule has 2 amide bonds. The Morgan fingerprint density at radius 3 is 3.00 bits per heavy atom. The second kappa shape index (κ2) is 5.03. The number of aromatic nitrogens is 1. The van der Waals surface area contributed by atoms with E-state index in [9.17, 15) is 9.59 Å². The molecule has 0 bridgehead atoms. The Hall–Kier alpha value is -2.11. The van der Waals surface area contributed by atoms with Gasteiger partial charge in [-0.05, 0) is 13.0 Å². The first kappa shape index (κ1) is 12.3. The molecule has 1 aliphatic heterocycles. The first-order valence-corrected chi connectivity index (χ1v) is 5.82. The number of amides is 2. The minimum absolute atomic E-state index is 0.107. The lowest BCUT2D eigenvalue weighted by Gasteiger charge is -2.27. The lowest BCUT2D eigenvalue weighted by atomic mass is 10.1. The molecule has 1 fully saturated rings. The summed E-state index contributed by atoms with van der Waals surface area (Å²) in [6, 6.07) is 1.82. The Balaban J connectivity index is 2.25. The molecule has 0 aliphatic carbocycles. The fourth-order valence-electron chi connectivity index (χ4n) is 1.92. The van der Waals surface area contributed by atoms with Gasteiger partial charge < -0.3 is 15.5 Å². The van der Waals surface area contributed by atoms with Crippen molar-refractivity contribution >= 4 is 17.5 Å². The van der Waals surface area contributed by atoms with Gasteiger partial charge in [-0.1, -0.05) is 0 Å². The Morgan fingerprint density at radius 1 is 1.56 bits per heavy atom. The van der Waals surface area contributed by atoms with E-state index in [1.165, 1.54) is 4.90 Å². The Labute approximate surface area is 105 Å². The SMILES string of the molecule is CNc1cc(C)ncc1C(=O)N1CCNC(=O)C1. The van der Waals surface area contributed by atoms with Gasteiger partial charge in [0.25, 0.3) is 5.91 Å². The Morgan fingerprint density at radius 2 is 2.33 bits per heavy atom. The van der Waals surface area contributed by atoms with Crippen LogP contribution in [0.5, 0.6) is 0 Å². The monoisotopic (exact) mass is 248 g/mol. The van der Waals surface area contributed by atoms with E-state index in [4.69, 9.17) is 0 Å². The number of carbonyl (C=O) groups is 2. The van der Waals surface area contributed by atoms with E-state index in [2.05, 4.69) is 15.6 Å². The molecule has 0 radical (unpaired) electrons. The van der Waals surface area contributed by atoms with Crippen molar-refractivity contribution in [2.45, 2.75) is 6.92 Å². The number of nitrogens with one attached hydrogen (secondary N) is 2. The summed E-state index contributed by atoms with van der Waals surface area (Å²) in [4.78, 5) is 29.3. The van der Waals surface area contributed by atoms with Gasteiger partial charge in [0.05, 0.1) is 17.8 Å². The van der Waals surface area contributed by atoms with Crippen LogP contribution in [0.25, 0.3) is 0 Å². The molecular weight excluding hydrogens is 232 g/mol. The molecule has 6 heteroatoms. The average Bonchev–Trinajstić information content (AvgIpc) is 2.37. The topological polar surface area (TPSA) is 74.3 Å². The number of hydrogen-bond donors (Lipinski definition) is 2. The Bertz CT molecular complexity index is 487.